The lowest BCUT2D eigenvalue weighted by molar-refractivity contribution is -0.122. The normalized spacial score (nSPS) is 15.2. The Hall–Kier alpha value is -3.00. The minimum atomic E-state index is -0.0663. The van der Waals surface area contributed by atoms with Gasteiger partial charge in [0.1, 0.15) is 10.0 Å². The summed E-state index contributed by atoms with van der Waals surface area (Å²) in [6, 6.07) is 23.9. The first-order valence-corrected chi connectivity index (χ1v) is 11.8. The van der Waals surface area contributed by atoms with Gasteiger partial charge in [-0.3, -0.25) is 9.69 Å². The molecule has 2 aromatic carbocycles. The molecule has 0 spiro atoms. The van der Waals surface area contributed by atoms with Crippen LogP contribution < -0.4 is 0 Å². The maximum Gasteiger partial charge on any atom is 0.266 e. The highest BCUT2D eigenvalue weighted by molar-refractivity contribution is 8.26. The molecule has 1 fully saturated rings. The third-order valence-corrected chi connectivity index (χ3v) is 7.12. The Balaban J connectivity index is 1.50. The summed E-state index contributed by atoms with van der Waals surface area (Å²) in [5, 5.41) is 6.84. The number of carbonyl (C=O) groups is 1. The van der Waals surface area contributed by atoms with E-state index < -0.39 is 0 Å². The molecule has 2 aromatic heterocycles. The van der Waals surface area contributed by atoms with Crippen LogP contribution in [0.5, 0.6) is 0 Å². The molecular formula is C24H17N3OS3. The molecule has 152 valence electrons. The zero-order valence-electron chi connectivity index (χ0n) is 16.3. The van der Waals surface area contributed by atoms with Crippen molar-refractivity contribution in [3.63, 3.8) is 0 Å². The number of carbonyl (C=O) groups excluding carboxylic acids is 1. The molecule has 4 nitrogen and oxygen atoms in total. The molecule has 0 bridgehead atoms. The first-order chi connectivity index (χ1) is 15.2. The van der Waals surface area contributed by atoms with Crippen LogP contribution in [0.1, 0.15) is 11.1 Å². The van der Waals surface area contributed by atoms with Gasteiger partial charge in [0, 0.05) is 11.8 Å². The summed E-state index contributed by atoms with van der Waals surface area (Å²) in [6.07, 6.45) is 3.87. The Bertz CT molecular complexity index is 1260. The molecule has 0 aliphatic carbocycles. The minimum absolute atomic E-state index is 0.0663. The molecule has 0 radical (unpaired) electrons. The Kier molecular flexibility index (Phi) is 5.55. The highest BCUT2D eigenvalue weighted by Crippen LogP contribution is 2.36. The molecule has 0 atom stereocenters. The van der Waals surface area contributed by atoms with Crippen LogP contribution in [0.2, 0.25) is 0 Å². The van der Waals surface area contributed by atoms with E-state index in [4.69, 9.17) is 17.3 Å². The fourth-order valence-electron chi connectivity index (χ4n) is 3.35. The number of aromatic nitrogens is 2. The number of nitrogens with zero attached hydrogens (tertiary/aromatic N) is 3. The lowest BCUT2D eigenvalue weighted by Gasteiger charge is -2.14. The molecule has 1 aliphatic rings. The van der Waals surface area contributed by atoms with Gasteiger partial charge in [-0.1, -0.05) is 78.6 Å². The van der Waals surface area contributed by atoms with E-state index in [1.54, 1.807) is 16.2 Å². The maximum atomic E-state index is 13.1. The van der Waals surface area contributed by atoms with Crippen LogP contribution in [-0.4, -0.2) is 24.9 Å². The fourth-order valence-corrected chi connectivity index (χ4v) is 5.33. The van der Waals surface area contributed by atoms with Crippen molar-refractivity contribution in [3.8, 4) is 16.3 Å². The van der Waals surface area contributed by atoms with Gasteiger partial charge in [-0.05, 0) is 35.2 Å². The highest BCUT2D eigenvalue weighted by atomic mass is 32.2. The van der Waals surface area contributed by atoms with Crippen molar-refractivity contribution in [2.24, 2.45) is 0 Å². The summed E-state index contributed by atoms with van der Waals surface area (Å²) in [5.41, 5.74) is 3.77. The van der Waals surface area contributed by atoms with E-state index in [-0.39, 0.29) is 5.91 Å². The summed E-state index contributed by atoms with van der Waals surface area (Å²) >= 11 is 8.48. The maximum absolute atomic E-state index is 13.1. The molecule has 3 heterocycles. The SMILES string of the molecule is O=C1/C(=C\c2cn(-c3ccccc3)nc2-c2cccs2)SC(=S)N1Cc1ccccc1. The zero-order valence-corrected chi connectivity index (χ0v) is 18.8. The second-order valence-electron chi connectivity index (χ2n) is 6.94. The van der Waals surface area contributed by atoms with Crippen molar-refractivity contribution in [3.05, 3.63) is 100 Å². The number of amides is 1. The molecule has 31 heavy (non-hydrogen) atoms. The first kappa shape index (κ1) is 19.9. The predicted molar refractivity (Wildman–Crippen MR) is 132 cm³/mol. The molecule has 5 rings (SSSR count). The quantitative estimate of drug-likeness (QED) is 0.271. The largest absolute Gasteiger partial charge is 0.288 e. The van der Waals surface area contributed by atoms with E-state index >= 15 is 0 Å². The molecule has 0 N–H and O–H groups in total. The number of hydrogen-bond acceptors (Lipinski definition) is 5. The molecule has 7 heteroatoms. The van der Waals surface area contributed by atoms with E-state index in [0.717, 1.165) is 27.4 Å². The minimum Gasteiger partial charge on any atom is -0.288 e. The Morgan fingerprint density at radius 3 is 2.42 bits per heavy atom. The molecule has 1 aliphatic heterocycles. The van der Waals surface area contributed by atoms with Gasteiger partial charge >= 0.3 is 0 Å². The van der Waals surface area contributed by atoms with Gasteiger partial charge in [0.2, 0.25) is 0 Å². The van der Waals surface area contributed by atoms with Crippen molar-refractivity contribution in [2.75, 3.05) is 0 Å². The van der Waals surface area contributed by atoms with E-state index in [2.05, 4.69) is 0 Å². The molecule has 1 saturated heterocycles. The third kappa shape index (κ3) is 4.12. The van der Waals surface area contributed by atoms with E-state index in [1.165, 1.54) is 11.8 Å². The van der Waals surface area contributed by atoms with Crippen molar-refractivity contribution in [2.45, 2.75) is 6.54 Å². The van der Waals surface area contributed by atoms with Gasteiger partial charge in [0.05, 0.1) is 22.0 Å². The van der Waals surface area contributed by atoms with Gasteiger partial charge in [0.15, 0.2) is 0 Å². The van der Waals surface area contributed by atoms with Crippen LogP contribution in [-0.2, 0) is 11.3 Å². The molecular weight excluding hydrogens is 442 g/mol. The summed E-state index contributed by atoms with van der Waals surface area (Å²) in [4.78, 5) is 16.5. The smallest absolute Gasteiger partial charge is 0.266 e. The van der Waals surface area contributed by atoms with Gasteiger partial charge in [0.25, 0.3) is 5.91 Å². The first-order valence-electron chi connectivity index (χ1n) is 9.67. The van der Waals surface area contributed by atoms with E-state index in [9.17, 15) is 4.79 Å². The molecule has 0 saturated carbocycles. The number of para-hydroxylation sites is 1. The van der Waals surface area contributed by atoms with Crippen LogP contribution in [0.15, 0.2) is 89.3 Å². The van der Waals surface area contributed by atoms with Gasteiger partial charge in [-0.25, -0.2) is 4.68 Å². The molecule has 0 unspecified atom stereocenters. The highest BCUT2D eigenvalue weighted by Gasteiger charge is 2.32. The van der Waals surface area contributed by atoms with Crippen LogP contribution in [0.3, 0.4) is 0 Å². The lowest BCUT2D eigenvalue weighted by Crippen LogP contribution is -2.27. The van der Waals surface area contributed by atoms with Crippen LogP contribution in [0, 0.1) is 0 Å². The lowest BCUT2D eigenvalue weighted by atomic mass is 10.2. The van der Waals surface area contributed by atoms with Gasteiger partial charge in [-0.2, -0.15) is 5.10 Å². The van der Waals surface area contributed by atoms with Gasteiger partial charge in [-0.15, -0.1) is 11.3 Å². The van der Waals surface area contributed by atoms with Crippen molar-refractivity contribution >= 4 is 51.6 Å². The summed E-state index contributed by atoms with van der Waals surface area (Å²) in [7, 11) is 0. The Labute approximate surface area is 193 Å². The van der Waals surface area contributed by atoms with Crippen LogP contribution in [0.25, 0.3) is 22.3 Å². The summed E-state index contributed by atoms with van der Waals surface area (Å²) in [5.74, 6) is -0.0663. The summed E-state index contributed by atoms with van der Waals surface area (Å²) < 4.78 is 2.43. The topological polar surface area (TPSA) is 38.1 Å². The monoisotopic (exact) mass is 459 g/mol. The second-order valence-corrected chi connectivity index (χ2v) is 9.57. The van der Waals surface area contributed by atoms with Crippen LogP contribution >= 0.6 is 35.3 Å². The number of thioether (sulfide) groups is 1. The van der Waals surface area contributed by atoms with E-state index in [0.29, 0.717) is 15.8 Å². The predicted octanol–water partition coefficient (Wildman–Crippen LogP) is 6.00. The standard InChI is InChI=1S/C24H17N3OS3/c28-23-21(31-24(29)26(23)15-17-8-3-1-4-9-17)14-18-16-27(19-10-5-2-6-11-19)25-22(18)20-12-7-13-30-20/h1-14,16H,15H2/b21-14+. The fraction of sp³-hybridized carbons (Fsp3) is 0.0417. The Morgan fingerprint density at radius 1 is 0.968 bits per heavy atom. The second kappa shape index (κ2) is 8.63. The van der Waals surface area contributed by atoms with Crippen LogP contribution in [0.4, 0.5) is 0 Å². The Morgan fingerprint density at radius 2 is 1.71 bits per heavy atom. The van der Waals surface area contributed by atoms with E-state index in [1.807, 2.05) is 95.1 Å². The summed E-state index contributed by atoms with van der Waals surface area (Å²) in [6.45, 7) is 0.476. The zero-order chi connectivity index (χ0) is 21.2. The average molecular weight is 460 g/mol. The molecule has 1 amide bonds. The average Bonchev–Trinajstić information content (AvgIpc) is 3.52. The number of hydrogen-bond donors (Lipinski definition) is 0. The number of rotatable bonds is 5. The van der Waals surface area contributed by atoms with Crippen molar-refractivity contribution in [1.82, 2.24) is 14.7 Å². The number of benzene rings is 2. The van der Waals surface area contributed by atoms with Gasteiger partial charge < -0.3 is 0 Å². The third-order valence-electron chi connectivity index (χ3n) is 4.86. The van der Waals surface area contributed by atoms with Crippen molar-refractivity contribution < 1.29 is 4.79 Å². The van der Waals surface area contributed by atoms with Crippen molar-refractivity contribution in [1.29, 1.82) is 0 Å². The number of thiophene rings is 1. The number of thiocarbonyl (C=S) groups is 1. The molecule has 4 aromatic rings.